The topological polar surface area (TPSA) is 83.0 Å². The summed E-state index contributed by atoms with van der Waals surface area (Å²) in [7, 11) is 0. The molecule has 3 rings (SSSR count). The molecule has 2 N–H and O–H groups in total. The second-order valence-electron chi connectivity index (χ2n) is 4.42. The van der Waals surface area contributed by atoms with Crippen LogP contribution in [0.25, 0.3) is 21.6 Å². The third-order valence-corrected chi connectivity index (χ3v) is 3.84. The Morgan fingerprint density at radius 1 is 1.40 bits per heavy atom. The van der Waals surface area contributed by atoms with E-state index in [-0.39, 0.29) is 10.9 Å². The number of benzene rings is 1. The predicted octanol–water partition coefficient (Wildman–Crippen LogP) is 2.66. The molecule has 2 heterocycles. The van der Waals surface area contributed by atoms with Crippen molar-refractivity contribution in [2.45, 2.75) is 6.92 Å². The standard InChI is InChI=1S/C14H10N2O3S/c1-7-3-2-4-8(5-7)11-15-12(17)10-9(14(18)19)6-20-13(10)16-11/h2-6H,1H3,(H,18,19)(H,15,16,17). The summed E-state index contributed by atoms with van der Waals surface area (Å²) >= 11 is 1.16. The summed E-state index contributed by atoms with van der Waals surface area (Å²) in [5, 5.41) is 10.6. The monoisotopic (exact) mass is 286 g/mol. The van der Waals surface area contributed by atoms with Crippen LogP contribution in [-0.2, 0) is 0 Å². The summed E-state index contributed by atoms with van der Waals surface area (Å²) in [4.78, 5) is 30.6. The number of H-pyrrole nitrogens is 1. The van der Waals surface area contributed by atoms with Crippen molar-refractivity contribution in [1.29, 1.82) is 0 Å². The van der Waals surface area contributed by atoms with Gasteiger partial charge in [0.2, 0.25) is 0 Å². The van der Waals surface area contributed by atoms with E-state index in [1.165, 1.54) is 5.38 Å². The van der Waals surface area contributed by atoms with Gasteiger partial charge < -0.3 is 10.1 Å². The number of fused-ring (bicyclic) bond motifs is 1. The molecule has 0 aliphatic carbocycles. The first-order valence-electron chi connectivity index (χ1n) is 5.88. The molecule has 6 heteroatoms. The summed E-state index contributed by atoms with van der Waals surface area (Å²) in [5.74, 6) is -0.670. The van der Waals surface area contributed by atoms with Gasteiger partial charge in [0.1, 0.15) is 10.7 Å². The highest BCUT2D eigenvalue weighted by molar-refractivity contribution is 7.17. The van der Waals surface area contributed by atoms with Gasteiger partial charge in [-0.2, -0.15) is 0 Å². The number of aromatic amines is 1. The fourth-order valence-corrected chi connectivity index (χ4v) is 2.95. The van der Waals surface area contributed by atoms with Gasteiger partial charge >= 0.3 is 5.97 Å². The molecule has 0 bridgehead atoms. The molecule has 0 amide bonds. The normalized spacial score (nSPS) is 10.8. The number of aromatic carboxylic acids is 1. The van der Waals surface area contributed by atoms with Crippen LogP contribution in [0.3, 0.4) is 0 Å². The van der Waals surface area contributed by atoms with Crippen molar-refractivity contribution < 1.29 is 9.90 Å². The van der Waals surface area contributed by atoms with Crippen molar-refractivity contribution in [2.24, 2.45) is 0 Å². The molecule has 0 saturated carbocycles. The molecular weight excluding hydrogens is 276 g/mol. The zero-order valence-electron chi connectivity index (χ0n) is 10.5. The number of carbonyl (C=O) groups is 1. The molecule has 5 nitrogen and oxygen atoms in total. The number of hydrogen-bond donors (Lipinski definition) is 2. The highest BCUT2D eigenvalue weighted by Gasteiger charge is 2.16. The Bertz CT molecular complexity index is 880. The quantitative estimate of drug-likeness (QED) is 0.758. The van der Waals surface area contributed by atoms with Gasteiger partial charge in [-0.05, 0) is 13.0 Å². The van der Waals surface area contributed by atoms with Crippen molar-refractivity contribution in [2.75, 3.05) is 0 Å². The zero-order chi connectivity index (χ0) is 14.3. The van der Waals surface area contributed by atoms with Crippen molar-refractivity contribution in [3.63, 3.8) is 0 Å². The first-order valence-corrected chi connectivity index (χ1v) is 6.76. The van der Waals surface area contributed by atoms with Gasteiger partial charge in [-0.15, -0.1) is 11.3 Å². The Kier molecular flexibility index (Phi) is 2.87. The zero-order valence-corrected chi connectivity index (χ0v) is 11.3. The molecule has 3 aromatic rings. The molecule has 0 radical (unpaired) electrons. The molecule has 0 aliphatic heterocycles. The number of thiophene rings is 1. The van der Waals surface area contributed by atoms with E-state index < -0.39 is 11.5 Å². The lowest BCUT2D eigenvalue weighted by Crippen LogP contribution is -2.11. The van der Waals surface area contributed by atoms with E-state index in [1.54, 1.807) is 0 Å². The maximum atomic E-state index is 12.1. The molecule has 0 atom stereocenters. The van der Waals surface area contributed by atoms with Crippen LogP contribution in [0, 0.1) is 6.92 Å². The number of nitrogens with zero attached hydrogens (tertiary/aromatic N) is 1. The molecule has 0 spiro atoms. The van der Waals surface area contributed by atoms with Crippen LogP contribution in [0.4, 0.5) is 0 Å². The molecule has 0 aliphatic rings. The Morgan fingerprint density at radius 2 is 2.20 bits per heavy atom. The van der Waals surface area contributed by atoms with Crippen LogP contribution < -0.4 is 5.56 Å². The van der Waals surface area contributed by atoms with E-state index in [4.69, 9.17) is 5.11 Å². The lowest BCUT2D eigenvalue weighted by Gasteiger charge is -2.02. The van der Waals surface area contributed by atoms with Crippen LogP contribution >= 0.6 is 11.3 Å². The summed E-state index contributed by atoms with van der Waals surface area (Å²) in [6.45, 7) is 1.95. The molecule has 100 valence electrons. The fourth-order valence-electron chi connectivity index (χ4n) is 2.04. The van der Waals surface area contributed by atoms with Gasteiger partial charge in [-0.3, -0.25) is 4.79 Å². The average molecular weight is 286 g/mol. The number of aryl methyl sites for hydroxylation is 1. The minimum atomic E-state index is -1.12. The van der Waals surface area contributed by atoms with Crippen LogP contribution in [0.2, 0.25) is 0 Å². The third-order valence-electron chi connectivity index (χ3n) is 2.97. The molecule has 0 unspecified atom stereocenters. The van der Waals surface area contributed by atoms with Gasteiger partial charge in [0, 0.05) is 10.9 Å². The van der Waals surface area contributed by atoms with Gasteiger partial charge in [-0.25, -0.2) is 9.78 Å². The first kappa shape index (κ1) is 12.6. The fraction of sp³-hybridized carbons (Fsp3) is 0.0714. The number of carboxylic acids is 1. The minimum absolute atomic E-state index is 0.00505. The van der Waals surface area contributed by atoms with Gasteiger partial charge in [0.25, 0.3) is 5.56 Å². The smallest absolute Gasteiger partial charge is 0.337 e. The Balaban J connectivity index is 2.26. The van der Waals surface area contributed by atoms with Crippen molar-refractivity contribution >= 4 is 27.5 Å². The number of rotatable bonds is 2. The Hall–Kier alpha value is -2.47. The van der Waals surface area contributed by atoms with E-state index in [0.29, 0.717) is 10.7 Å². The SMILES string of the molecule is Cc1cccc(-c2nc3scc(C(=O)O)c3c(=O)[nH]2)c1. The van der Waals surface area contributed by atoms with Crippen LogP contribution in [0.5, 0.6) is 0 Å². The molecular formula is C14H10N2O3S. The minimum Gasteiger partial charge on any atom is -0.478 e. The summed E-state index contributed by atoms with van der Waals surface area (Å²) in [5.41, 5.74) is 1.43. The third kappa shape index (κ3) is 2.00. The summed E-state index contributed by atoms with van der Waals surface area (Å²) in [6, 6.07) is 7.60. The summed E-state index contributed by atoms with van der Waals surface area (Å²) < 4.78 is 0. The van der Waals surface area contributed by atoms with Crippen LogP contribution in [0.15, 0.2) is 34.4 Å². The number of aromatic nitrogens is 2. The molecule has 0 fully saturated rings. The van der Waals surface area contributed by atoms with Crippen LogP contribution in [-0.4, -0.2) is 21.0 Å². The van der Waals surface area contributed by atoms with Crippen molar-refractivity contribution in [1.82, 2.24) is 9.97 Å². The second-order valence-corrected chi connectivity index (χ2v) is 5.28. The van der Waals surface area contributed by atoms with E-state index in [9.17, 15) is 9.59 Å². The molecule has 0 saturated heterocycles. The molecule has 2 aromatic heterocycles. The highest BCUT2D eigenvalue weighted by Crippen LogP contribution is 2.24. The predicted molar refractivity (Wildman–Crippen MR) is 77.4 cm³/mol. The number of nitrogens with one attached hydrogen (secondary N) is 1. The number of hydrogen-bond acceptors (Lipinski definition) is 4. The van der Waals surface area contributed by atoms with Gasteiger partial charge in [0.05, 0.1) is 10.9 Å². The lowest BCUT2D eigenvalue weighted by molar-refractivity contribution is 0.0699. The largest absolute Gasteiger partial charge is 0.478 e. The Morgan fingerprint density at radius 3 is 2.90 bits per heavy atom. The second kappa shape index (κ2) is 4.57. The average Bonchev–Trinajstić information content (AvgIpc) is 2.83. The maximum absolute atomic E-state index is 12.1. The van der Waals surface area contributed by atoms with Crippen LogP contribution in [0.1, 0.15) is 15.9 Å². The Labute approximate surface area is 117 Å². The lowest BCUT2D eigenvalue weighted by atomic mass is 10.1. The first-order chi connectivity index (χ1) is 9.56. The van der Waals surface area contributed by atoms with E-state index in [0.717, 1.165) is 22.5 Å². The number of carboxylic acid groups (broad SMARTS) is 1. The van der Waals surface area contributed by atoms with Gasteiger partial charge in [-0.1, -0.05) is 23.8 Å². The molecule has 1 aromatic carbocycles. The maximum Gasteiger partial charge on any atom is 0.337 e. The van der Waals surface area contributed by atoms with E-state index in [2.05, 4.69) is 9.97 Å². The van der Waals surface area contributed by atoms with E-state index >= 15 is 0 Å². The summed E-state index contributed by atoms with van der Waals surface area (Å²) in [6.07, 6.45) is 0. The molecule has 20 heavy (non-hydrogen) atoms. The van der Waals surface area contributed by atoms with Crippen molar-refractivity contribution in [3.8, 4) is 11.4 Å². The van der Waals surface area contributed by atoms with Crippen molar-refractivity contribution in [3.05, 3.63) is 51.1 Å². The highest BCUT2D eigenvalue weighted by atomic mass is 32.1. The van der Waals surface area contributed by atoms with E-state index in [1.807, 2.05) is 31.2 Å². The van der Waals surface area contributed by atoms with Gasteiger partial charge in [0.15, 0.2) is 0 Å².